The molecular weight excluding hydrogens is 388 g/mol. The first kappa shape index (κ1) is 20.1. The average Bonchev–Trinajstić information content (AvgIpc) is 2.74. The third-order valence-corrected chi connectivity index (χ3v) is 7.13. The molecule has 1 unspecified atom stereocenters. The standard InChI is InChI=1S/C22H26N2O4S/c25-22-19-9-4-5-11-21(19)29(26,27)23-20(22)10-6-14-24-15-12-18(13-16-24)28-17-7-2-1-3-8-17/h1-5,7-9,11,18,20,23H,6,10,12-16H2. The third kappa shape index (κ3) is 4.69. The lowest BCUT2D eigenvalue weighted by atomic mass is 10.00. The molecule has 0 saturated carbocycles. The van der Waals surface area contributed by atoms with Gasteiger partial charge >= 0.3 is 0 Å². The predicted molar refractivity (Wildman–Crippen MR) is 111 cm³/mol. The van der Waals surface area contributed by atoms with Gasteiger partial charge in [0, 0.05) is 18.7 Å². The Bertz CT molecular complexity index is 954. The number of carbonyl (C=O) groups is 1. The van der Waals surface area contributed by atoms with Gasteiger partial charge in [-0.25, -0.2) is 13.1 Å². The fourth-order valence-corrected chi connectivity index (χ4v) is 5.49. The van der Waals surface area contributed by atoms with Gasteiger partial charge in [-0.2, -0.15) is 0 Å². The fraction of sp³-hybridized carbons (Fsp3) is 0.409. The van der Waals surface area contributed by atoms with E-state index in [0.29, 0.717) is 12.0 Å². The summed E-state index contributed by atoms with van der Waals surface area (Å²) in [5.74, 6) is 0.778. The fourth-order valence-electron chi connectivity index (χ4n) is 4.05. The van der Waals surface area contributed by atoms with Crippen molar-refractivity contribution in [1.82, 2.24) is 9.62 Å². The summed E-state index contributed by atoms with van der Waals surface area (Å²) >= 11 is 0. The highest BCUT2D eigenvalue weighted by Gasteiger charge is 2.35. The molecule has 0 bridgehead atoms. The largest absolute Gasteiger partial charge is 0.490 e. The second-order valence-corrected chi connectivity index (χ2v) is 9.33. The summed E-state index contributed by atoms with van der Waals surface area (Å²) in [6, 6.07) is 15.6. The van der Waals surface area contributed by atoms with Gasteiger partial charge in [0.05, 0.1) is 10.9 Å². The van der Waals surface area contributed by atoms with E-state index in [1.807, 2.05) is 30.3 Å². The Morgan fingerprint density at radius 1 is 1.00 bits per heavy atom. The number of fused-ring (bicyclic) bond motifs is 1. The number of nitrogens with one attached hydrogen (secondary N) is 1. The van der Waals surface area contributed by atoms with Crippen LogP contribution in [-0.4, -0.2) is 50.9 Å². The summed E-state index contributed by atoms with van der Waals surface area (Å²) in [7, 11) is -3.62. The Labute approximate surface area is 171 Å². The van der Waals surface area contributed by atoms with Crippen molar-refractivity contribution in [3.05, 3.63) is 60.2 Å². The predicted octanol–water partition coefficient (Wildman–Crippen LogP) is 2.85. The van der Waals surface area contributed by atoms with Crippen molar-refractivity contribution in [3.8, 4) is 5.75 Å². The average molecular weight is 415 g/mol. The summed E-state index contributed by atoms with van der Waals surface area (Å²) in [6.07, 6.45) is 3.45. The molecule has 0 spiro atoms. The van der Waals surface area contributed by atoms with Crippen LogP contribution in [0.1, 0.15) is 36.0 Å². The zero-order valence-electron chi connectivity index (χ0n) is 16.3. The number of likely N-dealkylation sites (tertiary alicyclic amines) is 1. The summed E-state index contributed by atoms with van der Waals surface area (Å²) in [6.45, 7) is 2.75. The third-order valence-electron chi connectivity index (χ3n) is 5.60. The number of hydrogen-bond donors (Lipinski definition) is 1. The van der Waals surface area contributed by atoms with Crippen molar-refractivity contribution >= 4 is 15.8 Å². The van der Waals surface area contributed by atoms with Crippen LogP contribution in [0.5, 0.6) is 5.75 Å². The van der Waals surface area contributed by atoms with E-state index in [9.17, 15) is 13.2 Å². The number of ketones is 1. The summed E-state index contributed by atoms with van der Waals surface area (Å²) < 4.78 is 33.4. The molecule has 2 aliphatic rings. The second kappa shape index (κ2) is 8.65. The first-order chi connectivity index (χ1) is 14.0. The number of sulfonamides is 1. The summed E-state index contributed by atoms with van der Waals surface area (Å²) in [4.78, 5) is 15.1. The number of carbonyl (C=O) groups excluding carboxylic acids is 1. The van der Waals surface area contributed by atoms with E-state index in [-0.39, 0.29) is 16.8 Å². The number of piperidine rings is 1. The number of ether oxygens (including phenoxy) is 1. The Hall–Kier alpha value is -2.22. The molecule has 0 aliphatic carbocycles. The van der Waals surface area contributed by atoms with Gasteiger partial charge < -0.3 is 9.64 Å². The number of hydrogen-bond acceptors (Lipinski definition) is 5. The highest BCUT2D eigenvalue weighted by molar-refractivity contribution is 7.89. The molecule has 0 aromatic heterocycles. The molecular formula is C22H26N2O4S. The molecule has 0 amide bonds. The van der Waals surface area contributed by atoms with Crippen LogP contribution in [0, 0.1) is 0 Å². The minimum atomic E-state index is -3.62. The van der Waals surface area contributed by atoms with Crippen LogP contribution in [0.15, 0.2) is 59.5 Å². The Balaban J connectivity index is 1.25. The van der Waals surface area contributed by atoms with Gasteiger partial charge in [0.15, 0.2) is 5.78 Å². The van der Waals surface area contributed by atoms with E-state index in [0.717, 1.165) is 44.6 Å². The maximum absolute atomic E-state index is 12.6. The van der Waals surface area contributed by atoms with Gasteiger partial charge in [0.1, 0.15) is 11.9 Å². The van der Waals surface area contributed by atoms with Crippen LogP contribution in [0.3, 0.4) is 0 Å². The van der Waals surface area contributed by atoms with Crippen molar-refractivity contribution in [1.29, 1.82) is 0 Å². The molecule has 6 nitrogen and oxygen atoms in total. The Morgan fingerprint density at radius 3 is 2.45 bits per heavy atom. The monoisotopic (exact) mass is 414 g/mol. The molecule has 154 valence electrons. The van der Waals surface area contributed by atoms with E-state index >= 15 is 0 Å². The van der Waals surface area contributed by atoms with Gasteiger partial charge in [-0.05, 0) is 56.5 Å². The van der Waals surface area contributed by atoms with Gasteiger partial charge in [-0.3, -0.25) is 4.79 Å². The minimum absolute atomic E-state index is 0.0849. The van der Waals surface area contributed by atoms with Crippen molar-refractivity contribution < 1.29 is 17.9 Å². The molecule has 1 saturated heterocycles. The maximum Gasteiger partial charge on any atom is 0.241 e. The first-order valence-electron chi connectivity index (χ1n) is 10.1. The summed E-state index contributed by atoms with van der Waals surface area (Å²) in [5.41, 5.74) is 0.301. The van der Waals surface area contributed by atoms with Crippen molar-refractivity contribution in [2.45, 2.75) is 42.7 Å². The lowest BCUT2D eigenvalue weighted by Crippen LogP contribution is -2.46. The minimum Gasteiger partial charge on any atom is -0.490 e. The lowest BCUT2D eigenvalue weighted by Gasteiger charge is -2.32. The number of para-hydroxylation sites is 1. The maximum atomic E-state index is 12.6. The molecule has 1 atom stereocenters. The number of rotatable bonds is 6. The van der Waals surface area contributed by atoms with E-state index in [1.54, 1.807) is 18.2 Å². The van der Waals surface area contributed by atoms with Crippen LogP contribution >= 0.6 is 0 Å². The molecule has 0 radical (unpaired) electrons. The number of Topliss-reactive ketones (excluding diaryl/α,β-unsaturated/α-hetero) is 1. The normalized spacial score (nSPS) is 22.2. The zero-order chi connectivity index (χ0) is 20.3. The highest BCUT2D eigenvalue weighted by Crippen LogP contribution is 2.24. The van der Waals surface area contributed by atoms with Gasteiger partial charge in [0.2, 0.25) is 10.0 Å². The smallest absolute Gasteiger partial charge is 0.241 e. The Morgan fingerprint density at radius 2 is 1.69 bits per heavy atom. The quantitative estimate of drug-likeness (QED) is 0.787. The van der Waals surface area contributed by atoms with E-state index < -0.39 is 16.1 Å². The van der Waals surface area contributed by atoms with E-state index in [4.69, 9.17) is 4.74 Å². The SMILES string of the molecule is O=C1c2ccccc2S(=O)(=O)NC1CCCN1CCC(Oc2ccccc2)CC1. The molecule has 2 aromatic carbocycles. The van der Waals surface area contributed by atoms with E-state index in [2.05, 4.69) is 9.62 Å². The first-order valence-corrected chi connectivity index (χ1v) is 11.6. The second-order valence-electron chi connectivity index (χ2n) is 7.65. The van der Waals surface area contributed by atoms with Crippen molar-refractivity contribution in [2.24, 2.45) is 0 Å². The topological polar surface area (TPSA) is 75.7 Å². The zero-order valence-corrected chi connectivity index (χ0v) is 17.1. The number of nitrogens with zero attached hydrogens (tertiary/aromatic N) is 1. The van der Waals surface area contributed by atoms with Gasteiger partial charge in [-0.15, -0.1) is 0 Å². The Kier molecular flexibility index (Phi) is 5.99. The molecule has 4 rings (SSSR count). The molecule has 2 aromatic rings. The van der Waals surface area contributed by atoms with Crippen LogP contribution in [-0.2, 0) is 10.0 Å². The molecule has 1 N–H and O–H groups in total. The van der Waals surface area contributed by atoms with Crippen LogP contribution in [0.2, 0.25) is 0 Å². The van der Waals surface area contributed by atoms with E-state index in [1.165, 1.54) is 6.07 Å². The molecule has 2 heterocycles. The molecule has 29 heavy (non-hydrogen) atoms. The van der Waals surface area contributed by atoms with Crippen LogP contribution in [0.4, 0.5) is 0 Å². The van der Waals surface area contributed by atoms with Gasteiger partial charge in [-0.1, -0.05) is 30.3 Å². The lowest BCUT2D eigenvalue weighted by molar-refractivity contribution is 0.0918. The molecule has 7 heteroatoms. The highest BCUT2D eigenvalue weighted by atomic mass is 32.2. The van der Waals surface area contributed by atoms with Gasteiger partial charge in [0.25, 0.3) is 0 Å². The molecule has 2 aliphatic heterocycles. The summed E-state index contributed by atoms with van der Waals surface area (Å²) in [5, 5.41) is 0. The van der Waals surface area contributed by atoms with Crippen molar-refractivity contribution in [2.75, 3.05) is 19.6 Å². The van der Waals surface area contributed by atoms with Crippen molar-refractivity contribution in [3.63, 3.8) is 0 Å². The van der Waals surface area contributed by atoms with Crippen LogP contribution < -0.4 is 9.46 Å². The van der Waals surface area contributed by atoms with Crippen LogP contribution in [0.25, 0.3) is 0 Å². The number of benzene rings is 2. The molecule has 1 fully saturated rings.